The van der Waals surface area contributed by atoms with Crippen LogP contribution < -0.4 is 10.1 Å². The normalized spacial score (nSPS) is 12.7. The van der Waals surface area contributed by atoms with Gasteiger partial charge in [-0.15, -0.1) is 0 Å². The van der Waals surface area contributed by atoms with Gasteiger partial charge in [0.25, 0.3) is 0 Å². The minimum Gasteiger partial charge on any atom is -0.472 e. The molecule has 1 aromatic heterocycles. The van der Waals surface area contributed by atoms with Crippen molar-refractivity contribution in [2.75, 3.05) is 13.2 Å². The summed E-state index contributed by atoms with van der Waals surface area (Å²) in [5, 5.41) is 3.37. The van der Waals surface area contributed by atoms with E-state index in [0.29, 0.717) is 25.1 Å². The Morgan fingerprint density at radius 1 is 1.33 bits per heavy atom. The standard InChI is InChI=1S/C14H24N2O2/c1-5-17-10-12(4)18-14-13(7-6-8-15-14)9-16-11(2)3/h6-8,11-12,16H,5,9-10H2,1-4H3. The summed E-state index contributed by atoms with van der Waals surface area (Å²) < 4.78 is 11.1. The Morgan fingerprint density at radius 3 is 2.78 bits per heavy atom. The Morgan fingerprint density at radius 2 is 2.11 bits per heavy atom. The third-order valence-electron chi connectivity index (χ3n) is 2.42. The van der Waals surface area contributed by atoms with Crippen LogP contribution in [0.4, 0.5) is 0 Å². The molecule has 1 atom stereocenters. The van der Waals surface area contributed by atoms with Gasteiger partial charge in [-0.1, -0.05) is 19.9 Å². The van der Waals surface area contributed by atoms with E-state index < -0.39 is 0 Å². The van der Waals surface area contributed by atoms with Gasteiger partial charge in [0.15, 0.2) is 0 Å². The molecule has 1 unspecified atom stereocenters. The van der Waals surface area contributed by atoms with Crippen LogP contribution in [0.15, 0.2) is 18.3 Å². The number of nitrogens with one attached hydrogen (secondary N) is 1. The molecular formula is C14H24N2O2. The van der Waals surface area contributed by atoms with Gasteiger partial charge in [0, 0.05) is 31.0 Å². The zero-order valence-electron chi connectivity index (χ0n) is 11.8. The summed E-state index contributed by atoms with van der Waals surface area (Å²) >= 11 is 0. The summed E-state index contributed by atoms with van der Waals surface area (Å²) in [5.41, 5.74) is 1.08. The lowest BCUT2D eigenvalue weighted by Gasteiger charge is -2.17. The zero-order chi connectivity index (χ0) is 13.4. The lowest BCUT2D eigenvalue weighted by molar-refractivity contribution is 0.0627. The van der Waals surface area contributed by atoms with Gasteiger partial charge in [-0.2, -0.15) is 0 Å². The first-order chi connectivity index (χ1) is 8.63. The van der Waals surface area contributed by atoms with E-state index in [1.165, 1.54) is 0 Å². The molecule has 0 radical (unpaired) electrons. The van der Waals surface area contributed by atoms with Crippen LogP contribution in [-0.2, 0) is 11.3 Å². The predicted octanol–water partition coefficient (Wildman–Crippen LogP) is 2.38. The molecular weight excluding hydrogens is 228 g/mol. The van der Waals surface area contributed by atoms with Crippen LogP contribution >= 0.6 is 0 Å². The number of hydrogen-bond donors (Lipinski definition) is 1. The van der Waals surface area contributed by atoms with E-state index in [1.54, 1.807) is 6.20 Å². The van der Waals surface area contributed by atoms with E-state index in [1.807, 2.05) is 26.0 Å². The van der Waals surface area contributed by atoms with Crippen LogP contribution in [0.25, 0.3) is 0 Å². The first kappa shape index (κ1) is 14.9. The van der Waals surface area contributed by atoms with Crippen molar-refractivity contribution in [3.8, 4) is 5.88 Å². The van der Waals surface area contributed by atoms with Gasteiger partial charge in [0.1, 0.15) is 6.10 Å². The minimum absolute atomic E-state index is 0.0117. The van der Waals surface area contributed by atoms with Gasteiger partial charge in [0.2, 0.25) is 5.88 Å². The van der Waals surface area contributed by atoms with Gasteiger partial charge in [-0.3, -0.25) is 0 Å². The van der Waals surface area contributed by atoms with Crippen LogP contribution in [0.3, 0.4) is 0 Å². The average Bonchev–Trinajstić information content (AvgIpc) is 2.35. The van der Waals surface area contributed by atoms with E-state index in [4.69, 9.17) is 9.47 Å². The molecule has 1 heterocycles. The fourth-order valence-electron chi connectivity index (χ4n) is 1.49. The zero-order valence-corrected chi connectivity index (χ0v) is 11.8. The molecule has 1 rings (SSSR count). The average molecular weight is 252 g/mol. The van der Waals surface area contributed by atoms with Crippen LogP contribution in [0.5, 0.6) is 5.88 Å². The van der Waals surface area contributed by atoms with Crippen LogP contribution in [-0.4, -0.2) is 30.3 Å². The molecule has 102 valence electrons. The maximum Gasteiger partial charge on any atom is 0.218 e. The molecule has 0 spiro atoms. The molecule has 0 saturated carbocycles. The third-order valence-corrected chi connectivity index (χ3v) is 2.42. The first-order valence-electron chi connectivity index (χ1n) is 6.55. The number of ether oxygens (including phenoxy) is 2. The van der Waals surface area contributed by atoms with Gasteiger partial charge in [-0.25, -0.2) is 4.98 Å². The molecule has 0 fully saturated rings. The van der Waals surface area contributed by atoms with Crippen LogP contribution in [0.2, 0.25) is 0 Å². The Hall–Kier alpha value is -1.13. The second-order valence-electron chi connectivity index (χ2n) is 4.59. The lowest BCUT2D eigenvalue weighted by atomic mass is 10.2. The fourth-order valence-corrected chi connectivity index (χ4v) is 1.49. The van der Waals surface area contributed by atoms with E-state index >= 15 is 0 Å². The van der Waals surface area contributed by atoms with Crippen LogP contribution in [0, 0.1) is 0 Å². The van der Waals surface area contributed by atoms with E-state index in [9.17, 15) is 0 Å². The summed E-state index contributed by atoms with van der Waals surface area (Å²) in [6.45, 7) is 10.3. The molecule has 4 heteroatoms. The Bertz CT molecular complexity index is 342. The number of rotatable bonds is 8. The Labute approximate surface area is 110 Å². The second-order valence-corrected chi connectivity index (χ2v) is 4.59. The van der Waals surface area contributed by atoms with Gasteiger partial charge in [0.05, 0.1) is 6.61 Å². The van der Waals surface area contributed by atoms with E-state index in [0.717, 1.165) is 12.1 Å². The summed E-state index contributed by atoms with van der Waals surface area (Å²) in [7, 11) is 0. The highest BCUT2D eigenvalue weighted by Gasteiger charge is 2.09. The third kappa shape index (κ3) is 5.47. The van der Waals surface area contributed by atoms with Crippen molar-refractivity contribution in [3.63, 3.8) is 0 Å². The van der Waals surface area contributed by atoms with E-state index in [2.05, 4.69) is 24.1 Å². The van der Waals surface area contributed by atoms with Crippen molar-refractivity contribution in [2.24, 2.45) is 0 Å². The quantitative estimate of drug-likeness (QED) is 0.771. The summed E-state index contributed by atoms with van der Waals surface area (Å²) in [6, 6.07) is 4.40. The molecule has 1 N–H and O–H groups in total. The highest BCUT2D eigenvalue weighted by molar-refractivity contribution is 5.25. The monoisotopic (exact) mass is 252 g/mol. The fraction of sp³-hybridized carbons (Fsp3) is 0.643. The van der Waals surface area contributed by atoms with E-state index in [-0.39, 0.29) is 6.10 Å². The number of hydrogen-bond acceptors (Lipinski definition) is 4. The molecule has 4 nitrogen and oxygen atoms in total. The molecule has 0 aromatic carbocycles. The molecule has 0 aliphatic rings. The summed E-state index contributed by atoms with van der Waals surface area (Å²) in [5.74, 6) is 0.692. The smallest absolute Gasteiger partial charge is 0.218 e. The second kappa shape index (κ2) is 8.06. The molecule has 0 bridgehead atoms. The lowest BCUT2D eigenvalue weighted by Crippen LogP contribution is -2.24. The molecule has 0 amide bonds. The minimum atomic E-state index is 0.0117. The molecule has 1 aromatic rings. The van der Waals surface area contributed by atoms with Crippen LogP contribution in [0.1, 0.15) is 33.3 Å². The largest absolute Gasteiger partial charge is 0.472 e. The highest BCUT2D eigenvalue weighted by Crippen LogP contribution is 2.16. The van der Waals surface area contributed by atoms with Crippen molar-refractivity contribution in [2.45, 2.75) is 46.4 Å². The molecule has 0 aliphatic carbocycles. The molecule has 18 heavy (non-hydrogen) atoms. The first-order valence-corrected chi connectivity index (χ1v) is 6.55. The van der Waals surface area contributed by atoms with Crippen molar-refractivity contribution in [1.29, 1.82) is 0 Å². The SMILES string of the molecule is CCOCC(C)Oc1ncccc1CNC(C)C. The maximum atomic E-state index is 5.80. The topological polar surface area (TPSA) is 43.4 Å². The molecule has 0 saturated heterocycles. The maximum absolute atomic E-state index is 5.80. The van der Waals surface area contributed by atoms with Crippen molar-refractivity contribution < 1.29 is 9.47 Å². The Balaban J connectivity index is 2.58. The number of pyridine rings is 1. The Kier molecular flexibility index (Phi) is 6.68. The van der Waals surface area contributed by atoms with Crippen molar-refractivity contribution >= 4 is 0 Å². The number of nitrogens with zero attached hydrogens (tertiary/aromatic N) is 1. The summed E-state index contributed by atoms with van der Waals surface area (Å²) in [4.78, 5) is 4.29. The molecule has 0 aliphatic heterocycles. The van der Waals surface area contributed by atoms with Gasteiger partial charge in [-0.05, 0) is 19.9 Å². The number of aromatic nitrogens is 1. The van der Waals surface area contributed by atoms with Crippen molar-refractivity contribution in [1.82, 2.24) is 10.3 Å². The summed E-state index contributed by atoms with van der Waals surface area (Å²) in [6.07, 6.45) is 1.76. The van der Waals surface area contributed by atoms with Gasteiger partial charge >= 0.3 is 0 Å². The predicted molar refractivity (Wildman–Crippen MR) is 72.8 cm³/mol. The van der Waals surface area contributed by atoms with Gasteiger partial charge < -0.3 is 14.8 Å². The van der Waals surface area contributed by atoms with Crippen molar-refractivity contribution in [3.05, 3.63) is 23.9 Å². The highest BCUT2D eigenvalue weighted by atomic mass is 16.5.